The Kier molecular flexibility index (Phi) is 6.58. The van der Waals surface area contributed by atoms with Crippen LogP contribution in [0.1, 0.15) is 42.6 Å². The van der Waals surface area contributed by atoms with Crippen molar-refractivity contribution in [3.05, 3.63) is 64.9 Å². The minimum atomic E-state index is -1.02. The van der Waals surface area contributed by atoms with Gasteiger partial charge in [0.1, 0.15) is 36.2 Å². The molecule has 1 N–H and O–H groups in total. The predicted molar refractivity (Wildman–Crippen MR) is 136 cm³/mol. The van der Waals surface area contributed by atoms with Crippen LogP contribution in [-0.2, 0) is 11.2 Å². The van der Waals surface area contributed by atoms with Gasteiger partial charge in [-0.3, -0.25) is 14.1 Å². The molecule has 3 aromatic rings. The first kappa shape index (κ1) is 25.2. The van der Waals surface area contributed by atoms with E-state index in [1.54, 1.807) is 4.90 Å². The van der Waals surface area contributed by atoms with Crippen molar-refractivity contribution >= 4 is 16.8 Å². The minimum absolute atomic E-state index is 0.0537. The molecule has 6 rings (SSSR count). The number of hydrogen-bond donors (Lipinski definition) is 1. The summed E-state index contributed by atoms with van der Waals surface area (Å²) in [6.45, 7) is 3.60. The number of carbonyl (C=O) groups excluding carboxylic acids is 1. The number of alkyl halides is 2. The number of amides is 1. The van der Waals surface area contributed by atoms with Crippen LogP contribution < -0.4 is 4.74 Å². The topological polar surface area (TPSA) is 48.6 Å². The SMILES string of the molecule is CC1Cc2c([nH]c3ccccc23)C(c2c(F)cc(OCCN3CC(CF)C3)cc2F)N1C(=O)C1CC(F)C1. The smallest absolute Gasteiger partial charge is 0.226 e. The van der Waals surface area contributed by atoms with Crippen molar-refractivity contribution in [3.63, 3.8) is 0 Å². The number of para-hydroxylation sites is 1. The second-order valence-electron chi connectivity index (χ2n) is 11.0. The van der Waals surface area contributed by atoms with Crippen molar-refractivity contribution < 1.29 is 27.1 Å². The summed E-state index contributed by atoms with van der Waals surface area (Å²) >= 11 is 0. The Morgan fingerprint density at radius 2 is 1.84 bits per heavy atom. The molecule has 5 nitrogen and oxygen atoms in total. The normalized spacial score (nSPS) is 25.7. The van der Waals surface area contributed by atoms with Gasteiger partial charge in [-0.1, -0.05) is 18.2 Å². The molecule has 0 radical (unpaired) electrons. The summed E-state index contributed by atoms with van der Waals surface area (Å²) in [5.74, 6) is -2.27. The molecule has 2 fully saturated rings. The van der Waals surface area contributed by atoms with E-state index in [9.17, 15) is 13.6 Å². The number of aromatic amines is 1. The third-order valence-corrected chi connectivity index (χ3v) is 8.31. The fourth-order valence-electron chi connectivity index (χ4n) is 6.21. The van der Waals surface area contributed by atoms with Crippen LogP contribution in [0.4, 0.5) is 17.6 Å². The third-order valence-electron chi connectivity index (χ3n) is 8.31. The lowest BCUT2D eigenvalue weighted by atomic mass is 9.80. The van der Waals surface area contributed by atoms with E-state index in [0.29, 0.717) is 31.7 Å². The Balaban J connectivity index is 1.33. The van der Waals surface area contributed by atoms with Crippen molar-refractivity contribution in [2.24, 2.45) is 11.8 Å². The molecule has 1 saturated carbocycles. The zero-order valence-electron chi connectivity index (χ0n) is 21.2. The van der Waals surface area contributed by atoms with E-state index in [0.717, 1.165) is 28.6 Å². The Bertz CT molecular complexity index is 1330. The first-order valence-electron chi connectivity index (χ1n) is 13.3. The van der Waals surface area contributed by atoms with Crippen molar-refractivity contribution in [1.82, 2.24) is 14.8 Å². The van der Waals surface area contributed by atoms with Gasteiger partial charge in [-0.2, -0.15) is 0 Å². The molecule has 38 heavy (non-hydrogen) atoms. The number of rotatable bonds is 7. The zero-order valence-corrected chi connectivity index (χ0v) is 21.2. The molecule has 9 heteroatoms. The van der Waals surface area contributed by atoms with E-state index >= 15 is 8.78 Å². The molecule has 0 bridgehead atoms. The lowest BCUT2D eigenvalue weighted by Crippen LogP contribution is -2.51. The van der Waals surface area contributed by atoms with E-state index in [4.69, 9.17) is 4.74 Å². The van der Waals surface area contributed by atoms with Gasteiger partial charge in [-0.05, 0) is 37.8 Å². The highest BCUT2D eigenvalue weighted by atomic mass is 19.1. The highest BCUT2D eigenvalue weighted by Gasteiger charge is 2.46. The summed E-state index contributed by atoms with van der Waals surface area (Å²) in [6.07, 6.45) is -0.225. The molecule has 1 aliphatic carbocycles. The summed E-state index contributed by atoms with van der Waals surface area (Å²) in [6, 6.07) is 8.62. The quantitative estimate of drug-likeness (QED) is 0.421. The Labute approximate surface area is 218 Å². The molecule has 2 atom stereocenters. The lowest BCUT2D eigenvalue weighted by molar-refractivity contribution is -0.145. The van der Waals surface area contributed by atoms with Crippen LogP contribution in [-0.4, -0.2) is 65.8 Å². The molecular weight excluding hydrogens is 498 g/mol. The Morgan fingerprint density at radius 1 is 1.13 bits per heavy atom. The molecule has 202 valence electrons. The van der Waals surface area contributed by atoms with E-state index in [-0.39, 0.29) is 55.3 Å². The molecule has 2 aromatic carbocycles. The largest absolute Gasteiger partial charge is 0.492 e. The highest BCUT2D eigenvalue weighted by molar-refractivity contribution is 5.87. The van der Waals surface area contributed by atoms with Crippen molar-refractivity contribution in [3.8, 4) is 5.75 Å². The molecule has 0 spiro atoms. The number of hydrogen-bond acceptors (Lipinski definition) is 3. The number of likely N-dealkylation sites (tertiary alicyclic amines) is 1. The number of nitrogens with one attached hydrogen (secondary N) is 1. The van der Waals surface area contributed by atoms with Crippen LogP contribution >= 0.6 is 0 Å². The van der Waals surface area contributed by atoms with Crippen molar-refractivity contribution in [1.29, 1.82) is 0 Å². The molecule has 2 aliphatic heterocycles. The van der Waals surface area contributed by atoms with Gasteiger partial charge in [-0.15, -0.1) is 0 Å². The van der Waals surface area contributed by atoms with Crippen LogP contribution in [0.15, 0.2) is 36.4 Å². The summed E-state index contributed by atoms with van der Waals surface area (Å²) < 4.78 is 63.4. The number of carbonyl (C=O) groups is 1. The first-order chi connectivity index (χ1) is 18.3. The monoisotopic (exact) mass is 529 g/mol. The average molecular weight is 530 g/mol. The van der Waals surface area contributed by atoms with Crippen LogP contribution in [0.5, 0.6) is 5.75 Å². The van der Waals surface area contributed by atoms with Gasteiger partial charge in [-0.25, -0.2) is 13.2 Å². The van der Waals surface area contributed by atoms with E-state index < -0.39 is 29.8 Å². The number of halogens is 4. The fourth-order valence-corrected chi connectivity index (χ4v) is 6.21. The Morgan fingerprint density at radius 3 is 2.53 bits per heavy atom. The highest BCUT2D eigenvalue weighted by Crippen LogP contribution is 2.45. The van der Waals surface area contributed by atoms with Crippen LogP contribution in [0.25, 0.3) is 10.9 Å². The Hall–Kier alpha value is -3.07. The number of fused-ring (bicyclic) bond motifs is 3. The number of ether oxygens (including phenoxy) is 1. The van der Waals surface area contributed by atoms with Gasteiger partial charge in [0.05, 0.1) is 12.2 Å². The van der Waals surface area contributed by atoms with Crippen LogP contribution in [0, 0.1) is 23.5 Å². The maximum absolute atomic E-state index is 15.7. The van der Waals surface area contributed by atoms with Gasteiger partial charge in [0, 0.05) is 66.2 Å². The average Bonchev–Trinajstić information content (AvgIpc) is 3.21. The van der Waals surface area contributed by atoms with E-state index in [2.05, 4.69) is 4.98 Å². The van der Waals surface area contributed by atoms with Gasteiger partial charge in [0.15, 0.2) is 0 Å². The molecule has 3 aliphatic rings. The lowest BCUT2D eigenvalue weighted by Gasteiger charge is -2.44. The maximum Gasteiger partial charge on any atom is 0.226 e. The van der Waals surface area contributed by atoms with Crippen LogP contribution in [0.3, 0.4) is 0 Å². The van der Waals surface area contributed by atoms with Gasteiger partial charge in [0.25, 0.3) is 0 Å². The summed E-state index contributed by atoms with van der Waals surface area (Å²) in [5.41, 5.74) is 2.12. The first-order valence-corrected chi connectivity index (χ1v) is 13.3. The predicted octanol–water partition coefficient (Wildman–Crippen LogP) is 5.34. The molecule has 1 amide bonds. The third kappa shape index (κ3) is 4.34. The van der Waals surface area contributed by atoms with E-state index in [1.807, 2.05) is 36.1 Å². The van der Waals surface area contributed by atoms with Gasteiger partial charge >= 0.3 is 0 Å². The van der Waals surface area contributed by atoms with Gasteiger partial charge < -0.3 is 14.6 Å². The molecular formula is C29H31F4N3O2. The van der Waals surface area contributed by atoms with Crippen LogP contribution in [0.2, 0.25) is 0 Å². The van der Waals surface area contributed by atoms with Crippen molar-refractivity contribution in [2.75, 3.05) is 32.9 Å². The maximum atomic E-state index is 15.7. The second kappa shape index (κ2) is 9.91. The van der Waals surface area contributed by atoms with Gasteiger partial charge in [0.2, 0.25) is 5.91 Å². The summed E-state index contributed by atoms with van der Waals surface area (Å²) in [4.78, 5) is 20.5. The number of benzene rings is 2. The molecule has 1 aromatic heterocycles. The van der Waals surface area contributed by atoms with Crippen molar-refractivity contribution in [2.45, 2.75) is 44.4 Å². The number of aromatic nitrogens is 1. The fraction of sp³-hybridized carbons (Fsp3) is 0.483. The molecule has 2 unspecified atom stereocenters. The second-order valence-corrected chi connectivity index (χ2v) is 11.0. The molecule has 1 saturated heterocycles. The zero-order chi connectivity index (χ0) is 26.6. The molecule has 3 heterocycles. The van der Waals surface area contributed by atoms with E-state index in [1.165, 1.54) is 0 Å². The minimum Gasteiger partial charge on any atom is -0.492 e. The number of nitrogens with zero attached hydrogens (tertiary/aromatic N) is 2. The summed E-state index contributed by atoms with van der Waals surface area (Å²) in [5, 5.41) is 0.959. The standard InChI is InChI=1S/C29H31F4N3O2/c1-16-8-22-21-4-2-3-5-25(21)34-27(22)28(36(16)29(37)18-9-19(31)10-18)26-23(32)11-20(12-24(26)33)38-7-6-35-14-17(13-30)15-35/h2-5,11-12,16-19,28,34H,6-10,13-15H2,1H3. The number of H-pyrrole nitrogens is 1. The summed E-state index contributed by atoms with van der Waals surface area (Å²) in [7, 11) is 0.